The van der Waals surface area contributed by atoms with Crippen LogP contribution in [-0.2, 0) is 0 Å². The number of nitriles is 2. The van der Waals surface area contributed by atoms with Crippen LogP contribution in [0.5, 0.6) is 0 Å². The van der Waals surface area contributed by atoms with E-state index in [1.807, 2.05) is 60.7 Å². The minimum atomic E-state index is 0.367. The molecule has 0 saturated carbocycles. The number of fused-ring (bicyclic) bond motifs is 6. The lowest BCUT2D eigenvalue weighted by Gasteiger charge is -2.17. The van der Waals surface area contributed by atoms with Crippen LogP contribution < -0.4 is 0 Å². The Balaban J connectivity index is 1.05. The molecule has 0 unspecified atom stereocenters. The summed E-state index contributed by atoms with van der Waals surface area (Å²) >= 11 is 0. The number of rotatable bonds is 9. The van der Waals surface area contributed by atoms with Crippen LogP contribution in [0.3, 0.4) is 0 Å². The third-order valence-corrected chi connectivity index (χ3v) is 15.2. The molecule has 0 radical (unpaired) electrons. The summed E-state index contributed by atoms with van der Waals surface area (Å²) in [6.07, 6.45) is 0. The molecule has 78 heavy (non-hydrogen) atoms. The number of aromatic nitrogens is 3. The SMILES string of the molecule is N#Cc1cc(-c2cc(-n3c4ccc(-c5ccccc5)cc4c4cc(-c5ccccc5)ccc43)cc(-n3c4ccc(-c5ccccc5)cc4c4cc(-c5ccccc5)ccc43)c2)cc(C#N)c1-c1cccc(-c2ccccc2)n1. The van der Waals surface area contributed by atoms with Crippen molar-refractivity contribution in [1.82, 2.24) is 14.1 Å². The molecule has 0 bridgehead atoms. The molecule has 14 rings (SSSR count). The molecule has 11 aromatic carbocycles. The van der Waals surface area contributed by atoms with E-state index in [0.29, 0.717) is 22.4 Å². The van der Waals surface area contributed by atoms with E-state index in [0.717, 1.165) is 122 Å². The standard InChI is InChI=1S/C73H45N5/c74-46-59-37-57(38-60(47-75)73(59)68-28-16-27-67(76-68)52-25-14-5-15-26-52)58-39-61(77-69-33-29-53(48-17-6-1-7-18-48)41-63(69)64-42-54(30-34-70(64)77)49-19-8-2-9-20-49)45-62(40-58)78-71-35-31-55(50-21-10-3-11-22-50)43-65(71)66-44-56(32-36-72(66)78)51-23-12-4-13-24-51/h1-45H. The summed E-state index contributed by atoms with van der Waals surface area (Å²) in [5.41, 5.74) is 20.3. The molecule has 5 nitrogen and oxygen atoms in total. The summed E-state index contributed by atoms with van der Waals surface area (Å²) in [5.74, 6) is 0. The van der Waals surface area contributed by atoms with Gasteiger partial charge in [0.1, 0.15) is 0 Å². The first-order valence-electron chi connectivity index (χ1n) is 26.1. The maximum Gasteiger partial charge on any atom is 0.0999 e. The van der Waals surface area contributed by atoms with Crippen LogP contribution >= 0.6 is 0 Å². The summed E-state index contributed by atoms with van der Waals surface area (Å²) in [7, 11) is 0. The molecule has 3 heterocycles. The maximum absolute atomic E-state index is 11.1. The van der Waals surface area contributed by atoms with E-state index in [-0.39, 0.29) is 0 Å². The van der Waals surface area contributed by atoms with Gasteiger partial charge in [0.05, 0.1) is 56.7 Å². The molecule has 0 N–H and O–H groups in total. The Hall–Kier alpha value is -10.9. The molecule has 0 fully saturated rings. The van der Waals surface area contributed by atoms with Crippen LogP contribution in [0, 0.1) is 22.7 Å². The van der Waals surface area contributed by atoms with Crippen molar-refractivity contribution in [2.75, 3.05) is 0 Å². The predicted octanol–water partition coefficient (Wildman–Crippen LogP) is 18.7. The predicted molar refractivity (Wildman–Crippen MR) is 320 cm³/mol. The molecule has 0 aliphatic heterocycles. The quantitative estimate of drug-likeness (QED) is 0.145. The Morgan fingerprint density at radius 2 is 0.577 bits per heavy atom. The third-order valence-electron chi connectivity index (χ3n) is 15.2. The van der Waals surface area contributed by atoms with E-state index < -0.39 is 0 Å². The average Bonchev–Trinajstić information content (AvgIpc) is 4.22. The molecular formula is C73H45N5. The van der Waals surface area contributed by atoms with Crippen LogP contribution in [0.1, 0.15) is 11.1 Å². The molecule has 0 amide bonds. The molecule has 0 spiro atoms. The molecule has 362 valence electrons. The Bertz CT molecular complexity index is 4270. The Morgan fingerprint density at radius 3 is 0.923 bits per heavy atom. The fourth-order valence-corrected chi connectivity index (χ4v) is 11.5. The molecule has 0 saturated heterocycles. The van der Waals surface area contributed by atoms with Gasteiger partial charge in [0.15, 0.2) is 0 Å². The van der Waals surface area contributed by atoms with E-state index in [1.54, 1.807) is 0 Å². The normalized spacial score (nSPS) is 11.3. The molecule has 14 aromatic rings. The Labute approximate surface area is 451 Å². The second kappa shape index (κ2) is 19.1. The highest BCUT2D eigenvalue weighted by atomic mass is 15.0. The van der Waals surface area contributed by atoms with Gasteiger partial charge in [-0.25, -0.2) is 4.98 Å². The minimum absolute atomic E-state index is 0.367. The first-order valence-corrected chi connectivity index (χ1v) is 26.1. The van der Waals surface area contributed by atoms with E-state index in [1.165, 1.54) is 0 Å². The highest BCUT2D eigenvalue weighted by Crippen LogP contribution is 2.43. The summed E-state index contributed by atoms with van der Waals surface area (Å²) in [6.45, 7) is 0. The molecule has 0 aliphatic carbocycles. The van der Waals surface area contributed by atoms with Crippen LogP contribution in [0.2, 0.25) is 0 Å². The van der Waals surface area contributed by atoms with E-state index >= 15 is 0 Å². The van der Waals surface area contributed by atoms with Crippen LogP contribution in [-0.4, -0.2) is 14.1 Å². The van der Waals surface area contributed by atoms with Gasteiger partial charge in [0.25, 0.3) is 0 Å². The van der Waals surface area contributed by atoms with Gasteiger partial charge in [-0.2, -0.15) is 10.5 Å². The van der Waals surface area contributed by atoms with E-state index in [9.17, 15) is 10.5 Å². The third kappa shape index (κ3) is 7.99. The maximum atomic E-state index is 11.1. The van der Waals surface area contributed by atoms with Gasteiger partial charge in [0, 0.05) is 44.0 Å². The van der Waals surface area contributed by atoms with Crippen molar-refractivity contribution < 1.29 is 0 Å². The summed E-state index contributed by atoms with van der Waals surface area (Å²) < 4.78 is 4.75. The highest BCUT2D eigenvalue weighted by molar-refractivity contribution is 6.13. The van der Waals surface area contributed by atoms with Crippen molar-refractivity contribution in [3.05, 3.63) is 284 Å². The Morgan fingerprint density at radius 1 is 0.256 bits per heavy atom. The second-order valence-corrected chi connectivity index (χ2v) is 19.7. The van der Waals surface area contributed by atoms with Crippen molar-refractivity contribution in [2.24, 2.45) is 0 Å². The number of nitrogens with zero attached hydrogens (tertiary/aromatic N) is 5. The second-order valence-electron chi connectivity index (χ2n) is 19.7. The van der Waals surface area contributed by atoms with Gasteiger partial charge in [-0.05, 0) is 147 Å². The monoisotopic (exact) mass is 991 g/mol. The van der Waals surface area contributed by atoms with Gasteiger partial charge >= 0.3 is 0 Å². The molecule has 3 aromatic heterocycles. The van der Waals surface area contributed by atoms with Crippen LogP contribution in [0.25, 0.3) is 133 Å². The molecular weight excluding hydrogens is 947 g/mol. The lowest BCUT2D eigenvalue weighted by Crippen LogP contribution is -2.01. The summed E-state index contributed by atoms with van der Waals surface area (Å²) in [6, 6.07) is 101. The molecule has 0 atom stereocenters. The number of pyridine rings is 1. The fourth-order valence-electron chi connectivity index (χ4n) is 11.5. The van der Waals surface area contributed by atoms with Gasteiger partial charge < -0.3 is 9.13 Å². The zero-order valence-electron chi connectivity index (χ0n) is 42.2. The zero-order chi connectivity index (χ0) is 52.1. The first-order chi connectivity index (χ1) is 38.6. The van der Waals surface area contributed by atoms with Crippen molar-refractivity contribution in [2.45, 2.75) is 0 Å². The van der Waals surface area contributed by atoms with Gasteiger partial charge in [0.2, 0.25) is 0 Å². The van der Waals surface area contributed by atoms with Gasteiger partial charge in [-0.3, -0.25) is 0 Å². The average molecular weight is 992 g/mol. The van der Waals surface area contributed by atoms with E-state index in [2.05, 4.69) is 234 Å². The first kappa shape index (κ1) is 45.7. The Kier molecular flexibility index (Phi) is 11.2. The largest absolute Gasteiger partial charge is 0.309 e. The molecule has 0 aliphatic rings. The number of hydrogen-bond acceptors (Lipinski definition) is 3. The zero-order valence-corrected chi connectivity index (χ0v) is 42.2. The van der Waals surface area contributed by atoms with Crippen LogP contribution in [0.15, 0.2) is 273 Å². The smallest absolute Gasteiger partial charge is 0.0999 e. The van der Waals surface area contributed by atoms with Crippen molar-refractivity contribution in [3.63, 3.8) is 0 Å². The van der Waals surface area contributed by atoms with Crippen molar-refractivity contribution in [1.29, 1.82) is 10.5 Å². The summed E-state index contributed by atoms with van der Waals surface area (Å²) in [5, 5.41) is 26.6. The summed E-state index contributed by atoms with van der Waals surface area (Å²) in [4.78, 5) is 5.04. The topological polar surface area (TPSA) is 70.3 Å². The van der Waals surface area contributed by atoms with Crippen molar-refractivity contribution >= 4 is 43.6 Å². The molecule has 5 heteroatoms. The highest BCUT2D eigenvalue weighted by Gasteiger charge is 2.22. The van der Waals surface area contributed by atoms with Gasteiger partial charge in [-0.15, -0.1) is 0 Å². The lowest BCUT2D eigenvalue weighted by molar-refractivity contribution is 1.13. The van der Waals surface area contributed by atoms with Crippen molar-refractivity contribution in [3.8, 4) is 102 Å². The number of benzene rings is 11. The fraction of sp³-hybridized carbons (Fsp3) is 0. The van der Waals surface area contributed by atoms with E-state index in [4.69, 9.17) is 4.98 Å². The lowest BCUT2D eigenvalue weighted by atomic mass is 9.92. The minimum Gasteiger partial charge on any atom is -0.309 e. The van der Waals surface area contributed by atoms with Crippen LogP contribution in [0.4, 0.5) is 0 Å². The number of hydrogen-bond donors (Lipinski definition) is 0. The van der Waals surface area contributed by atoms with Gasteiger partial charge in [-0.1, -0.05) is 182 Å².